The number of halogens is 1. The highest BCUT2D eigenvalue weighted by molar-refractivity contribution is 8.93. The molecule has 0 aliphatic carbocycles. The molecule has 30 heavy (non-hydrogen) atoms. The summed E-state index contributed by atoms with van der Waals surface area (Å²) in [6, 6.07) is 20.1. The molecule has 3 saturated heterocycles. The highest BCUT2D eigenvalue weighted by atomic mass is 79.9. The van der Waals surface area contributed by atoms with E-state index in [-0.39, 0.29) is 59.5 Å². The molecule has 3 aliphatic heterocycles. The molecule has 0 saturated carbocycles. The second-order valence-electron chi connectivity index (χ2n) is 8.61. The molecule has 160 valence electrons. The Hall–Kier alpha value is -1.73. The molecule has 5 rings (SSSR count). The maximum Gasteiger partial charge on any atom is 0.316 e. The summed E-state index contributed by atoms with van der Waals surface area (Å²) in [5.74, 6) is -0.971. The average molecular weight is 474 g/mol. The summed E-state index contributed by atoms with van der Waals surface area (Å²) in [7, 11) is 2.18. The van der Waals surface area contributed by atoms with Crippen LogP contribution in [0.1, 0.15) is 29.9 Å². The van der Waals surface area contributed by atoms with Crippen molar-refractivity contribution in [2.75, 3.05) is 13.7 Å². The van der Waals surface area contributed by atoms with Crippen molar-refractivity contribution in [3.05, 3.63) is 71.8 Å². The first-order valence-electron chi connectivity index (χ1n) is 10.4. The standard InChI is InChI=1S/C24H27NO4.BrH/c1-25-20-12-18(28-23(27)19(15-26)17-10-6-3-7-11-17)14-24(25,22-21(20)29-22)13-16-8-4-2-5-9-16;/h2-11,18-22,26H,12-15H2,1H3;1H. The second kappa shape index (κ2) is 8.42. The average Bonchev–Trinajstić information content (AvgIpc) is 3.51. The molecule has 0 aromatic heterocycles. The molecule has 0 spiro atoms. The van der Waals surface area contributed by atoms with Crippen LogP contribution in [0.25, 0.3) is 0 Å². The number of piperidine rings is 1. The highest BCUT2D eigenvalue weighted by Gasteiger charge is 2.70. The van der Waals surface area contributed by atoms with E-state index < -0.39 is 5.92 Å². The number of rotatable bonds is 6. The van der Waals surface area contributed by atoms with Gasteiger partial charge in [0.25, 0.3) is 0 Å². The number of epoxide rings is 1. The summed E-state index contributed by atoms with van der Waals surface area (Å²) < 4.78 is 12.0. The van der Waals surface area contributed by atoms with Gasteiger partial charge in [-0.2, -0.15) is 0 Å². The molecule has 3 fully saturated rings. The summed E-state index contributed by atoms with van der Waals surface area (Å²) in [4.78, 5) is 15.3. The molecular weight excluding hydrogens is 446 g/mol. The van der Waals surface area contributed by atoms with Crippen LogP contribution >= 0.6 is 17.0 Å². The van der Waals surface area contributed by atoms with Gasteiger partial charge in [0, 0.05) is 18.9 Å². The Bertz CT molecular complexity index is 879. The Morgan fingerprint density at radius 3 is 2.53 bits per heavy atom. The first-order valence-corrected chi connectivity index (χ1v) is 10.4. The van der Waals surface area contributed by atoms with Gasteiger partial charge in [0.15, 0.2) is 0 Å². The number of ether oxygens (including phenoxy) is 2. The number of hydrogen-bond acceptors (Lipinski definition) is 5. The van der Waals surface area contributed by atoms with E-state index >= 15 is 0 Å². The normalized spacial score (nSPS) is 32.6. The molecule has 6 atom stereocenters. The van der Waals surface area contributed by atoms with Crippen molar-refractivity contribution in [2.45, 2.75) is 55.1 Å². The maximum atomic E-state index is 12.9. The molecule has 2 aromatic rings. The first-order chi connectivity index (χ1) is 14.1. The number of aliphatic hydroxyl groups is 1. The van der Waals surface area contributed by atoms with Crippen molar-refractivity contribution in [2.24, 2.45) is 0 Å². The number of morpholine rings is 1. The number of aliphatic hydroxyl groups excluding tert-OH is 1. The van der Waals surface area contributed by atoms with Crippen LogP contribution in [0.3, 0.4) is 0 Å². The predicted octanol–water partition coefficient (Wildman–Crippen LogP) is 3.11. The van der Waals surface area contributed by atoms with Crippen LogP contribution < -0.4 is 0 Å². The molecule has 3 aliphatic rings. The zero-order valence-corrected chi connectivity index (χ0v) is 18.7. The number of hydrogen-bond donors (Lipinski definition) is 1. The van der Waals surface area contributed by atoms with Crippen LogP contribution in [0.4, 0.5) is 0 Å². The van der Waals surface area contributed by atoms with Gasteiger partial charge in [-0.3, -0.25) is 9.69 Å². The number of nitrogens with zero attached hydrogens (tertiary/aromatic N) is 1. The number of likely N-dealkylation sites (N-methyl/N-ethyl adjacent to an activating group) is 1. The minimum absolute atomic E-state index is 0. The second-order valence-corrected chi connectivity index (χ2v) is 8.61. The van der Waals surface area contributed by atoms with Crippen molar-refractivity contribution in [1.29, 1.82) is 0 Å². The molecular formula is C24H28BrNO4. The van der Waals surface area contributed by atoms with Gasteiger partial charge in [-0.1, -0.05) is 60.7 Å². The quantitative estimate of drug-likeness (QED) is 0.515. The topological polar surface area (TPSA) is 62.3 Å². The van der Waals surface area contributed by atoms with Gasteiger partial charge in [-0.25, -0.2) is 0 Å². The van der Waals surface area contributed by atoms with Gasteiger partial charge < -0.3 is 14.6 Å². The van der Waals surface area contributed by atoms with Gasteiger partial charge in [-0.05, 0) is 24.6 Å². The monoisotopic (exact) mass is 473 g/mol. The van der Waals surface area contributed by atoms with E-state index in [1.54, 1.807) is 0 Å². The Morgan fingerprint density at radius 1 is 1.20 bits per heavy atom. The third-order valence-electron chi connectivity index (χ3n) is 7.02. The van der Waals surface area contributed by atoms with Crippen LogP contribution in [-0.4, -0.2) is 59.5 Å². The van der Waals surface area contributed by atoms with Crippen molar-refractivity contribution in [3.8, 4) is 0 Å². The fourth-order valence-corrected chi connectivity index (χ4v) is 5.48. The van der Waals surface area contributed by atoms with Gasteiger partial charge in [0.05, 0.1) is 12.1 Å². The van der Waals surface area contributed by atoms with Crippen LogP contribution in [-0.2, 0) is 20.7 Å². The largest absolute Gasteiger partial charge is 0.462 e. The zero-order chi connectivity index (χ0) is 20.0. The van der Waals surface area contributed by atoms with Gasteiger partial charge in [0.2, 0.25) is 0 Å². The highest BCUT2D eigenvalue weighted by Crippen LogP contribution is 2.56. The SMILES string of the molecule is Br.CN1C2CC(OC(=O)C(CO)c3ccccc3)CC1(Cc1ccccc1)C1OC21. The minimum atomic E-state index is -0.635. The van der Waals surface area contributed by atoms with E-state index in [0.29, 0.717) is 0 Å². The van der Waals surface area contributed by atoms with Crippen LogP contribution in [0, 0.1) is 0 Å². The number of fused-ring (bicyclic) bond motifs is 5. The van der Waals surface area contributed by atoms with E-state index in [1.165, 1.54) is 5.56 Å². The summed E-state index contributed by atoms with van der Waals surface area (Å²) in [6.45, 7) is -0.248. The fourth-order valence-electron chi connectivity index (χ4n) is 5.48. The number of benzene rings is 2. The summed E-state index contributed by atoms with van der Waals surface area (Å²) in [5.41, 5.74) is 1.93. The van der Waals surface area contributed by atoms with E-state index in [0.717, 1.165) is 24.8 Å². The summed E-state index contributed by atoms with van der Waals surface area (Å²) in [5, 5.41) is 9.80. The molecule has 0 radical (unpaired) electrons. The summed E-state index contributed by atoms with van der Waals surface area (Å²) in [6.07, 6.45) is 2.74. The third-order valence-corrected chi connectivity index (χ3v) is 7.02. The number of esters is 1. The molecule has 3 heterocycles. The lowest BCUT2D eigenvalue weighted by atomic mass is 9.80. The van der Waals surface area contributed by atoms with Crippen LogP contribution in [0.15, 0.2) is 60.7 Å². The van der Waals surface area contributed by atoms with E-state index in [2.05, 4.69) is 36.2 Å². The molecule has 5 nitrogen and oxygen atoms in total. The number of carbonyl (C=O) groups is 1. The van der Waals surface area contributed by atoms with Gasteiger partial charge in [-0.15, -0.1) is 17.0 Å². The van der Waals surface area contributed by atoms with Crippen LogP contribution in [0.2, 0.25) is 0 Å². The molecule has 1 N–H and O–H groups in total. The summed E-state index contributed by atoms with van der Waals surface area (Å²) >= 11 is 0. The molecule has 6 unspecified atom stereocenters. The van der Waals surface area contributed by atoms with Gasteiger partial charge >= 0.3 is 5.97 Å². The maximum absolute atomic E-state index is 12.9. The smallest absolute Gasteiger partial charge is 0.316 e. The minimum Gasteiger partial charge on any atom is -0.462 e. The van der Waals surface area contributed by atoms with Gasteiger partial charge in [0.1, 0.15) is 24.2 Å². The van der Waals surface area contributed by atoms with E-state index in [4.69, 9.17) is 9.47 Å². The Balaban J connectivity index is 0.00000218. The van der Waals surface area contributed by atoms with Crippen molar-refractivity contribution >= 4 is 23.0 Å². The molecule has 0 amide bonds. The predicted molar refractivity (Wildman–Crippen MR) is 119 cm³/mol. The van der Waals surface area contributed by atoms with Crippen LogP contribution in [0.5, 0.6) is 0 Å². The van der Waals surface area contributed by atoms with Crippen molar-refractivity contribution in [3.63, 3.8) is 0 Å². The molecule has 2 bridgehead atoms. The number of carbonyl (C=O) groups excluding carboxylic acids is 1. The van der Waals surface area contributed by atoms with Crippen molar-refractivity contribution in [1.82, 2.24) is 4.90 Å². The Labute approximate surface area is 187 Å². The zero-order valence-electron chi connectivity index (χ0n) is 17.0. The Morgan fingerprint density at radius 2 is 1.87 bits per heavy atom. The van der Waals surface area contributed by atoms with E-state index in [1.807, 2.05) is 36.4 Å². The molecule has 6 heteroatoms. The molecule has 2 aromatic carbocycles. The lowest BCUT2D eigenvalue weighted by Crippen LogP contribution is -2.58. The van der Waals surface area contributed by atoms with E-state index in [9.17, 15) is 9.90 Å². The lowest BCUT2D eigenvalue weighted by molar-refractivity contribution is -0.160. The fraction of sp³-hybridized carbons (Fsp3) is 0.458. The first kappa shape index (κ1) is 21.5. The third kappa shape index (κ3) is 3.60. The Kier molecular flexibility index (Phi) is 6.04. The lowest BCUT2D eigenvalue weighted by Gasteiger charge is -2.47. The van der Waals surface area contributed by atoms with Crippen molar-refractivity contribution < 1.29 is 19.4 Å².